The molecule has 0 aromatic heterocycles. The lowest BCUT2D eigenvalue weighted by Gasteiger charge is -2.26. The third-order valence-electron chi connectivity index (χ3n) is 3.28. The van der Waals surface area contributed by atoms with Gasteiger partial charge in [-0.15, -0.1) is 0 Å². The minimum atomic E-state index is -0.925. The van der Waals surface area contributed by atoms with Gasteiger partial charge in [0.25, 0.3) is 0 Å². The highest BCUT2D eigenvalue weighted by Gasteiger charge is 2.45. The van der Waals surface area contributed by atoms with Crippen LogP contribution in [0.4, 0.5) is 5.69 Å². The number of carbonyl (C=O) groups excluding carboxylic acids is 2. The number of nitrogens with one attached hydrogen (secondary N) is 1. The fourth-order valence-corrected chi connectivity index (χ4v) is 2.39. The maximum atomic E-state index is 12.3. The van der Waals surface area contributed by atoms with Gasteiger partial charge < -0.3 is 10.1 Å². The van der Waals surface area contributed by atoms with E-state index in [1.807, 2.05) is 24.3 Å². The second-order valence-corrected chi connectivity index (χ2v) is 4.58. The zero-order chi connectivity index (χ0) is 13.2. The van der Waals surface area contributed by atoms with Crippen LogP contribution in [0.1, 0.15) is 18.9 Å². The summed E-state index contributed by atoms with van der Waals surface area (Å²) < 4.78 is 5.14. The number of methoxy groups -OCH3 is 1. The summed E-state index contributed by atoms with van der Waals surface area (Å²) in [5.41, 5.74) is 1.03. The summed E-state index contributed by atoms with van der Waals surface area (Å²) in [5, 5.41) is 3.17. The first-order valence-electron chi connectivity index (χ1n) is 6.05. The Labute approximate surface area is 106 Å². The van der Waals surface area contributed by atoms with Gasteiger partial charge in [0, 0.05) is 25.6 Å². The number of Topliss-reactive ketones (excluding diaryl/α,β-unsaturated/α-hetero) is 2. The van der Waals surface area contributed by atoms with Crippen LogP contribution >= 0.6 is 0 Å². The number of fused-ring (bicyclic) bond motifs is 1. The van der Waals surface area contributed by atoms with Crippen molar-refractivity contribution in [2.24, 2.45) is 0 Å². The van der Waals surface area contributed by atoms with Gasteiger partial charge in [0.05, 0.1) is 6.61 Å². The van der Waals surface area contributed by atoms with Crippen molar-refractivity contribution in [2.45, 2.75) is 25.3 Å². The van der Waals surface area contributed by atoms with Crippen LogP contribution in [-0.2, 0) is 20.7 Å². The summed E-state index contributed by atoms with van der Waals surface area (Å²) in [6.45, 7) is 1.90. The number of hydrogen-bond acceptors (Lipinski definition) is 4. The lowest BCUT2D eigenvalue weighted by Crippen LogP contribution is -2.52. The Morgan fingerprint density at radius 2 is 2.11 bits per heavy atom. The Morgan fingerprint density at radius 3 is 2.72 bits per heavy atom. The maximum Gasteiger partial charge on any atom is 0.226 e. The van der Waals surface area contributed by atoms with Crippen LogP contribution in [0.15, 0.2) is 24.3 Å². The van der Waals surface area contributed by atoms with E-state index in [1.165, 1.54) is 7.11 Å². The summed E-state index contributed by atoms with van der Waals surface area (Å²) in [7, 11) is 1.54. The van der Waals surface area contributed by atoms with Gasteiger partial charge >= 0.3 is 0 Å². The zero-order valence-corrected chi connectivity index (χ0v) is 10.7. The third-order valence-corrected chi connectivity index (χ3v) is 3.28. The van der Waals surface area contributed by atoms with Crippen molar-refractivity contribution < 1.29 is 14.3 Å². The average molecular weight is 247 g/mol. The first-order valence-corrected chi connectivity index (χ1v) is 6.05. The second kappa shape index (κ2) is 4.90. The minimum Gasteiger partial charge on any atom is -0.382 e. The Balaban J connectivity index is 2.32. The maximum absolute atomic E-state index is 12.3. The van der Waals surface area contributed by atoms with Crippen molar-refractivity contribution in [3.8, 4) is 0 Å². The van der Waals surface area contributed by atoms with Crippen LogP contribution in [0.3, 0.4) is 0 Å². The molecule has 1 N–H and O–H groups in total. The van der Waals surface area contributed by atoms with Crippen LogP contribution < -0.4 is 5.32 Å². The first-order chi connectivity index (χ1) is 8.63. The molecule has 0 saturated carbocycles. The number of carbonyl (C=O) groups is 2. The van der Waals surface area contributed by atoms with E-state index in [-0.39, 0.29) is 24.6 Å². The molecule has 0 bridgehead atoms. The summed E-state index contributed by atoms with van der Waals surface area (Å²) in [6.07, 6.45) is 0.726. The second-order valence-electron chi connectivity index (χ2n) is 4.58. The van der Waals surface area contributed by atoms with Crippen LogP contribution in [0.5, 0.6) is 0 Å². The largest absolute Gasteiger partial charge is 0.382 e. The van der Waals surface area contributed by atoms with Gasteiger partial charge in [-0.3, -0.25) is 9.59 Å². The molecule has 1 aromatic carbocycles. The molecular formula is C14H17NO3. The van der Waals surface area contributed by atoms with Gasteiger partial charge in [0.15, 0.2) is 0 Å². The van der Waals surface area contributed by atoms with Crippen LogP contribution in [0.2, 0.25) is 0 Å². The third kappa shape index (κ3) is 2.04. The molecule has 0 aliphatic carbocycles. The Morgan fingerprint density at radius 1 is 1.39 bits per heavy atom. The first kappa shape index (κ1) is 12.8. The summed E-state index contributed by atoms with van der Waals surface area (Å²) >= 11 is 0. The smallest absolute Gasteiger partial charge is 0.226 e. The molecule has 0 radical (unpaired) electrons. The summed E-state index contributed by atoms with van der Waals surface area (Å²) in [4.78, 5) is 23.9. The van der Waals surface area contributed by atoms with E-state index in [2.05, 4.69) is 5.32 Å². The number of anilines is 1. The van der Waals surface area contributed by atoms with Crippen molar-refractivity contribution >= 4 is 17.3 Å². The van der Waals surface area contributed by atoms with E-state index in [1.54, 1.807) is 6.92 Å². The molecule has 4 heteroatoms. The van der Waals surface area contributed by atoms with Gasteiger partial charge in [-0.25, -0.2) is 0 Å². The molecule has 0 amide bonds. The van der Waals surface area contributed by atoms with Crippen LogP contribution in [-0.4, -0.2) is 30.8 Å². The molecule has 0 saturated heterocycles. The molecule has 1 aliphatic heterocycles. The summed E-state index contributed by atoms with van der Waals surface area (Å²) in [6, 6.07) is 7.70. The Bertz CT molecular complexity index is 457. The molecule has 0 spiro atoms. The number of rotatable bonds is 5. The number of hydrogen-bond donors (Lipinski definition) is 1. The predicted molar refractivity (Wildman–Crippen MR) is 68.7 cm³/mol. The van der Waals surface area contributed by atoms with E-state index in [9.17, 15) is 9.59 Å². The van der Waals surface area contributed by atoms with E-state index in [4.69, 9.17) is 4.74 Å². The fraction of sp³-hybridized carbons (Fsp3) is 0.429. The van der Waals surface area contributed by atoms with Crippen molar-refractivity contribution in [2.75, 3.05) is 19.0 Å². The van der Waals surface area contributed by atoms with Gasteiger partial charge in [-0.1, -0.05) is 25.1 Å². The van der Waals surface area contributed by atoms with Gasteiger partial charge in [0.1, 0.15) is 5.54 Å². The van der Waals surface area contributed by atoms with Crippen LogP contribution in [0, 0.1) is 0 Å². The minimum absolute atomic E-state index is 0.201. The monoisotopic (exact) mass is 247 g/mol. The molecule has 2 rings (SSSR count). The van der Waals surface area contributed by atoms with Crippen molar-refractivity contribution in [1.29, 1.82) is 0 Å². The molecule has 4 nitrogen and oxygen atoms in total. The Kier molecular flexibility index (Phi) is 3.48. The SMILES string of the molecule is CCC(=O)C(=O)[C@@]1(COC)Cc2ccccc2N1. The molecular weight excluding hydrogens is 230 g/mol. The summed E-state index contributed by atoms with van der Waals surface area (Å²) in [5.74, 6) is -0.740. The quantitative estimate of drug-likeness (QED) is 0.803. The molecule has 1 aromatic rings. The lowest BCUT2D eigenvalue weighted by atomic mass is 9.88. The number of para-hydroxylation sites is 1. The number of ether oxygens (including phenoxy) is 1. The topological polar surface area (TPSA) is 55.4 Å². The van der Waals surface area contributed by atoms with Crippen LogP contribution in [0.25, 0.3) is 0 Å². The molecule has 1 atom stereocenters. The normalized spacial score (nSPS) is 21.2. The molecule has 0 unspecified atom stereocenters. The molecule has 1 heterocycles. The molecule has 1 aliphatic rings. The van der Waals surface area contributed by atoms with Crippen molar-refractivity contribution in [3.05, 3.63) is 29.8 Å². The fourth-order valence-electron chi connectivity index (χ4n) is 2.39. The molecule has 96 valence electrons. The predicted octanol–water partition coefficient (Wildman–Crippen LogP) is 1.59. The Hall–Kier alpha value is -1.68. The van der Waals surface area contributed by atoms with E-state index in [0.717, 1.165) is 11.3 Å². The highest BCUT2D eigenvalue weighted by molar-refractivity contribution is 6.41. The van der Waals surface area contributed by atoms with E-state index >= 15 is 0 Å². The highest BCUT2D eigenvalue weighted by Crippen LogP contribution is 2.33. The standard InChI is InChI=1S/C14H17NO3/c1-3-12(16)13(17)14(9-18-2)8-10-6-4-5-7-11(10)15-14/h4-7,15H,3,8-9H2,1-2H3/t14-/m0/s1. The lowest BCUT2D eigenvalue weighted by molar-refractivity contribution is -0.140. The van der Waals surface area contributed by atoms with Gasteiger partial charge in [-0.2, -0.15) is 0 Å². The average Bonchev–Trinajstić information content (AvgIpc) is 2.76. The van der Waals surface area contributed by atoms with E-state index < -0.39 is 5.54 Å². The highest BCUT2D eigenvalue weighted by atomic mass is 16.5. The molecule has 0 fully saturated rings. The molecule has 18 heavy (non-hydrogen) atoms. The van der Waals surface area contributed by atoms with Crippen molar-refractivity contribution in [3.63, 3.8) is 0 Å². The van der Waals surface area contributed by atoms with Gasteiger partial charge in [-0.05, 0) is 11.6 Å². The zero-order valence-electron chi connectivity index (χ0n) is 10.7. The van der Waals surface area contributed by atoms with E-state index in [0.29, 0.717) is 6.42 Å². The van der Waals surface area contributed by atoms with Crippen molar-refractivity contribution in [1.82, 2.24) is 0 Å². The number of ketones is 2. The number of benzene rings is 1. The van der Waals surface area contributed by atoms with Gasteiger partial charge in [0.2, 0.25) is 11.6 Å².